The Kier molecular flexibility index (Phi) is 7.86. The Morgan fingerprint density at radius 3 is 2.70 bits per heavy atom. The zero-order valence-electron chi connectivity index (χ0n) is 22.5. The van der Waals surface area contributed by atoms with E-state index in [-0.39, 0.29) is 41.6 Å². The van der Waals surface area contributed by atoms with Crippen molar-refractivity contribution in [1.29, 1.82) is 0 Å². The summed E-state index contributed by atoms with van der Waals surface area (Å²) in [6, 6.07) is 1.18. The van der Waals surface area contributed by atoms with Crippen LogP contribution in [0.4, 0.5) is 35.1 Å². The molecule has 5 heterocycles. The smallest absolute Gasteiger partial charge is 0.387 e. The highest BCUT2D eigenvalue weighted by Crippen LogP contribution is 2.37. The number of rotatable bonds is 7. The molecular formula is C26H33F4N7O3. The maximum atomic E-state index is 14.4. The number of aromatic nitrogens is 5. The minimum atomic E-state index is -4.53. The Morgan fingerprint density at radius 2 is 2.00 bits per heavy atom. The fraction of sp³-hybridized carbons (Fsp3) is 0.615. The molecule has 2 aliphatic heterocycles. The average Bonchev–Trinajstić information content (AvgIpc) is 3.29. The van der Waals surface area contributed by atoms with Crippen LogP contribution < -0.4 is 10.2 Å². The van der Waals surface area contributed by atoms with Crippen LogP contribution >= 0.6 is 0 Å². The number of pyridine rings is 1. The Labute approximate surface area is 228 Å². The molecule has 2 fully saturated rings. The molecule has 218 valence electrons. The van der Waals surface area contributed by atoms with Crippen LogP contribution in [0.1, 0.15) is 64.4 Å². The molecule has 14 heteroatoms. The second-order valence-electron chi connectivity index (χ2n) is 10.6. The first kappa shape index (κ1) is 28.4. The van der Waals surface area contributed by atoms with Gasteiger partial charge in [0.1, 0.15) is 41.3 Å². The molecule has 0 bridgehead atoms. The van der Waals surface area contributed by atoms with Gasteiger partial charge >= 0.3 is 6.18 Å². The van der Waals surface area contributed by atoms with Gasteiger partial charge in [0.15, 0.2) is 6.29 Å². The molecule has 2 aliphatic rings. The number of fused-ring (bicyclic) bond motifs is 1. The van der Waals surface area contributed by atoms with E-state index in [4.69, 9.17) is 9.47 Å². The van der Waals surface area contributed by atoms with E-state index in [0.717, 1.165) is 24.3 Å². The Morgan fingerprint density at radius 1 is 1.20 bits per heavy atom. The van der Waals surface area contributed by atoms with Gasteiger partial charge in [0.05, 0.1) is 23.9 Å². The van der Waals surface area contributed by atoms with Crippen LogP contribution in [0.5, 0.6) is 0 Å². The van der Waals surface area contributed by atoms with Crippen LogP contribution in [0.15, 0.2) is 24.5 Å². The molecule has 10 nitrogen and oxygen atoms in total. The minimum absolute atomic E-state index is 0.0654. The molecule has 2 saturated heterocycles. The SMILES string of the molecule is CC(n1c([C@@H](C)OC2CCCCO2)nc2cnc(Nc3ccnc(N4CC[C@](C)(O)[C@H](F)C4)n3)cc21)C(F)(F)F. The molecule has 0 aromatic carbocycles. The largest absolute Gasteiger partial charge is 0.408 e. The molecule has 2 unspecified atom stereocenters. The lowest BCUT2D eigenvalue weighted by atomic mass is 9.92. The van der Waals surface area contributed by atoms with E-state index in [1.165, 1.54) is 25.4 Å². The van der Waals surface area contributed by atoms with Crippen molar-refractivity contribution in [3.8, 4) is 0 Å². The van der Waals surface area contributed by atoms with Crippen molar-refractivity contribution >= 4 is 28.6 Å². The number of nitrogens with zero attached hydrogens (tertiary/aromatic N) is 6. The van der Waals surface area contributed by atoms with Crippen LogP contribution in [0.2, 0.25) is 0 Å². The van der Waals surface area contributed by atoms with Crippen molar-refractivity contribution in [3.05, 3.63) is 30.4 Å². The van der Waals surface area contributed by atoms with E-state index >= 15 is 0 Å². The van der Waals surface area contributed by atoms with Crippen molar-refractivity contribution in [2.24, 2.45) is 0 Å². The summed E-state index contributed by atoms with van der Waals surface area (Å²) in [5, 5.41) is 13.1. The van der Waals surface area contributed by atoms with Gasteiger partial charge in [-0.15, -0.1) is 0 Å². The van der Waals surface area contributed by atoms with Crippen molar-refractivity contribution in [2.75, 3.05) is 29.9 Å². The molecule has 0 saturated carbocycles. The third-order valence-corrected chi connectivity index (χ3v) is 7.45. The minimum Gasteiger partial charge on any atom is -0.387 e. The average molecular weight is 568 g/mol. The van der Waals surface area contributed by atoms with Gasteiger partial charge in [-0.1, -0.05) is 0 Å². The highest BCUT2D eigenvalue weighted by atomic mass is 19.4. The fourth-order valence-electron chi connectivity index (χ4n) is 4.92. The quantitative estimate of drug-likeness (QED) is 0.382. The van der Waals surface area contributed by atoms with E-state index < -0.39 is 36.4 Å². The molecule has 40 heavy (non-hydrogen) atoms. The highest BCUT2D eigenvalue weighted by Gasteiger charge is 2.41. The lowest BCUT2D eigenvalue weighted by Crippen LogP contribution is -2.52. The van der Waals surface area contributed by atoms with Crippen LogP contribution in [-0.2, 0) is 9.47 Å². The van der Waals surface area contributed by atoms with Gasteiger partial charge in [-0.05, 0) is 52.5 Å². The van der Waals surface area contributed by atoms with Crippen molar-refractivity contribution in [3.63, 3.8) is 0 Å². The van der Waals surface area contributed by atoms with Crippen LogP contribution in [0, 0.1) is 0 Å². The van der Waals surface area contributed by atoms with Crippen LogP contribution in [-0.4, -0.2) is 73.5 Å². The Balaban J connectivity index is 1.42. The van der Waals surface area contributed by atoms with Gasteiger partial charge in [-0.2, -0.15) is 18.2 Å². The topological polar surface area (TPSA) is 110 Å². The van der Waals surface area contributed by atoms with E-state index in [1.54, 1.807) is 17.9 Å². The van der Waals surface area contributed by atoms with Crippen LogP contribution in [0.25, 0.3) is 11.0 Å². The molecule has 3 aromatic rings. The number of anilines is 3. The first-order chi connectivity index (χ1) is 18.9. The second-order valence-corrected chi connectivity index (χ2v) is 10.6. The molecule has 2 N–H and O–H groups in total. The predicted molar refractivity (Wildman–Crippen MR) is 139 cm³/mol. The predicted octanol–water partition coefficient (Wildman–Crippen LogP) is 4.99. The molecule has 0 spiro atoms. The van der Waals surface area contributed by atoms with Crippen molar-refractivity contribution in [2.45, 2.75) is 82.8 Å². The van der Waals surface area contributed by atoms with E-state index in [9.17, 15) is 22.7 Å². The summed E-state index contributed by atoms with van der Waals surface area (Å²) in [7, 11) is 0. The number of piperidine rings is 1. The van der Waals surface area contributed by atoms with Gasteiger partial charge < -0.3 is 29.4 Å². The first-order valence-electron chi connectivity index (χ1n) is 13.4. The van der Waals surface area contributed by atoms with E-state index in [0.29, 0.717) is 25.4 Å². The standard InChI is InChI=1S/C26H33F4N7O3/c1-15(40-22-6-4-5-11-39-22)23-33-17-13-32-21(12-18(17)37(23)16(2)26(28,29)30)34-20-7-9-31-24(35-20)36-10-8-25(3,38)19(27)14-36/h7,9,12-13,15-16,19,22,38H,4-6,8,10-11,14H2,1-3H3,(H,31,32,34,35)/t15-,16?,19-,22?,25+/m1/s1. The van der Waals surface area contributed by atoms with Gasteiger partial charge in [0, 0.05) is 25.4 Å². The molecule has 5 atom stereocenters. The summed E-state index contributed by atoms with van der Waals surface area (Å²) in [5.74, 6) is 0.955. The van der Waals surface area contributed by atoms with Crippen molar-refractivity contribution in [1.82, 2.24) is 24.5 Å². The number of nitrogens with one attached hydrogen (secondary N) is 1. The number of hydrogen-bond donors (Lipinski definition) is 2. The maximum Gasteiger partial charge on any atom is 0.408 e. The number of hydrogen-bond acceptors (Lipinski definition) is 9. The number of ether oxygens (including phenoxy) is 2. The van der Waals surface area contributed by atoms with E-state index in [1.807, 2.05) is 0 Å². The van der Waals surface area contributed by atoms with Gasteiger partial charge in [0.2, 0.25) is 5.95 Å². The lowest BCUT2D eigenvalue weighted by molar-refractivity contribution is -0.190. The van der Waals surface area contributed by atoms with E-state index in [2.05, 4.69) is 25.3 Å². The number of alkyl halides is 4. The Hall–Kier alpha value is -3.10. The summed E-state index contributed by atoms with van der Waals surface area (Å²) in [5.41, 5.74) is -0.896. The molecule has 5 rings (SSSR count). The normalized spacial score (nSPS) is 25.6. The number of halogens is 4. The van der Waals surface area contributed by atoms with Gasteiger partial charge in [-0.25, -0.2) is 19.3 Å². The molecular weight excluding hydrogens is 534 g/mol. The zero-order chi connectivity index (χ0) is 28.7. The first-order valence-corrected chi connectivity index (χ1v) is 13.4. The number of aliphatic hydroxyl groups is 1. The van der Waals surface area contributed by atoms with Crippen LogP contribution in [0.3, 0.4) is 0 Å². The summed E-state index contributed by atoms with van der Waals surface area (Å²) < 4.78 is 69.0. The Bertz CT molecular complexity index is 1330. The monoisotopic (exact) mass is 567 g/mol. The van der Waals surface area contributed by atoms with Gasteiger partial charge in [-0.3, -0.25) is 0 Å². The summed E-state index contributed by atoms with van der Waals surface area (Å²) in [4.78, 5) is 19.1. The summed E-state index contributed by atoms with van der Waals surface area (Å²) in [6.45, 7) is 5.04. The van der Waals surface area contributed by atoms with Gasteiger partial charge in [0.25, 0.3) is 0 Å². The highest BCUT2D eigenvalue weighted by molar-refractivity contribution is 5.79. The molecule has 0 aliphatic carbocycles. The molecule has 3 aromatic heterocycles. The molecule has 0 amide bonds. The molecule has 0 radical (unpaired) electrons. The summed E-state index contributed by atoms with van der Waals surface area (Å²) >= 11 is 0. The lowest BCUT2D eigenvalue weighted by Gasteiger charge is -2.38. The number of imidazole rings is 1. The van der Waals surface area contributed by atoms with Crippen molar-refractivity contribution < 1.29 is 32.1 Å². The third kappa shape index (κ3) is 5.98. The second kappa shape index (κ2) is 11.1. The fourth-order valence-corrected chi connectivity index (χ4v) is 4.92. The summed E-state index contributed by atoms with van der Waals surface area (Å²) in [6.07, 6.45) is -1.65. The third-order valence-electron chi connectivity index (χ3n) is 7.45. The zero-order valence-corrected chi connectivity index (χ0v) is 22.5. The maximum absolute atomic E-state index is 14.4.